The van der Waals surface area contributed by atoms with Crippen LogP contribution in [0.5, 0.6) is 0 Å². The van der Waals surface area contributed by atoms with Gasteiger partial charge in [-0.25, -0.2) is 0 Å². The summed E-state index contributed by atoms with van der Waals surface area (Å²) >= 11 is 5.26. The SMILES string of the molecule is Cc1ccc(CNC(=S)NCc2cc(C)n(C)n2)cc1. The zero-order chi connectivity index (χ0) is 14.5. The lowest BCUT2D eigenvalue weighted by atomic mass is 10.1. The predicted octanol–water partition coefficient (Wildman–Crippen LogP) is 2.20. The Hall–Kier alpha value is -1.88. The van der Waals surface area contributed by atoms with E-state index in [0.29, 0.717) is 11.7 Å². The van der Waals surface area contributed by atoms with Gasteiger partial charge in [0.1, 0.15) is 0 Å². The highest BCUT2D eigenvalue weighted by Crippen LogP contribution is 2.03. The molecule has 1 heterocycles. The number of hydrogen-bond acceptors (Lipinski definition) is 2. The highest BCUT2D eigenvalue weighted by molar-refractivity contribution is 7.80. The number of thiocarbonyl (C=S) groups is 1. The zero-order valence-corrected chi connectivity index (χ0v) is 12.9. The molecule has 0 aliphatic carbocycles. The van der Waals surface area contributed by atoms with Crippen LogP contribution >= 0.6 is 12.2 Å². The summed E-state index contributed by atoms with van der Waals surface area (Å²) in [6.45, 7) is 5.48. The lowest BCUT2D eigenvalue weighted by Crippen LogP contribution is -2.34. The summed E-state index contributed by atoms with van der Waals surface area (Å²) in [6, 6.07) is 10.5. The fourth-order valence-electron chi connectivity index (χ4n) is 1.84. The van der Waals surface area contributed by atoms with Crippen molar-refractivity contribution in [2.24, 2.45) is 7.05 Å². The standard InChI is InChI=1S/C15H20N4S/c1-11-4-6-13(7-5-11)9-16-15(20)17-10-14-8-12(2)19(3)18-14/h4-8H,9-10H2,1-3H3,(H2,16,17,20). The summed E-state index contributed by atoms with van der Waals surface area (Å²) in [6.07, 6.45) is 0. The van der Waals surface area contributed by atoms with Gasteiger partial charge in [-0.1, -0.05) is 29.8 Å². The fourth-order valence-corrected chi connectivity index (χ4v) is 1.99. The Kier molecular flexibility index (Phi) is 4.74. The smallest absolute Gasteiger partial charge is 0.166 e. The Morgan fingerprint density at radius 2 is 1.80 bits per heavy atom. The lowest BCUT2D eigenvalue weighted by Gasteiger charge is -2.09. The topological polar surface area (TPSA) is 41.9 Å². The van der Waals surface area contributed by atoms with Gasteiger partial charge in [-0.05, 0) is 37.7 Å². The second-order valence-corrected chi connectivity index (χ2v) is 5.33. The normalized spacial score (nSPS) is 10.3. The van der Waals surface area contributed by atoms with Crippen molar-refractivity contribution in [2.45, 2.75) is 26.9 Å². The van der Waals surface area contributed by atoms with Crippen molar-refractivity contribution < 1.29 is 0 Å². The van der Waals surface area contributed by atoms with E-state index in [9.17, 15) is 0 Å². The Morgan fingerprint density at radius 3 is 2.40 bits per heavy atom. The van der Waals surface area contributed by atoms with Crippen LogP contribution in [-0.2, 0) is 20.1 Å². The first-order chi connectivity index (χ1) is 9.54. The molecule has 0 spiro atoms. The first kappa shape index (κ1) is 14.5. The van der Waals surface area contributed by atoms with Crippen LogP contribution in [0.1, 0.15) is 22.5 Å². The van der Waals surface area contributed by atoms with E-state index in [4.69, 9.17) is 12.2 Å². The Bertz CT molecular complexity index is 567. The molecule has 2 aromatic rings. The second kappa shape index (κ2) is 6.52. The summed E-state index contributed by atoms with van der Waals surface area (Å²) in [5.74, 6) is 0. The molecule has 4 nitrogen and oxygen atoms in total. The van der Waals surface area contributed by atoms with Gasteiger partial charge in [0.2, 0.25) is 0 Å². The third kappa shape index (κ3) is 4.06. The van der Waals surface area contributed by atoms with Crippen LogP contribution in [0, 0.1) is 13.8 Å². The second-order valence-electron chi connectivity index (χ2n) is 4.92. The van der Waals surface area contributed by atoms with E-state index in [1.54, 1.807) is 0 Å². The first-order valence-corrected chi connectivity index (χ1v) is 7.02. The van der Waals surface area contributed by atoms with E-state index >= 15 is 0 Å². The summed E-state index contributed by atoms with van der Waals surface area (Å²) in [5, 5.41) is 11.4. The van der Waals surface area contributed by atoms with Crippen LogP contribution in [0.25, 0.3) is 0 Å². The van der Waals surface area contributed by atoms with Gasteiger partial charge in [0.05, 0.1) is 12.2 Å². The number of aromatic nitrogens is 2. The number of aryl methyl sites for hydroxylation is 3. The number of benzene rings is 1. The minimum Gasteiger partial charge on any atom is -0.359 e. The van der Waals surface area contributed by atoms with Crippen LogP contribution in [0.15, 0.2) is 30.3 Å². The molecule has 0 aliphatic heterocycles. The zero-order valence-electron chi connectivity index (χ0n) is 12.1. The van der Waals surface area contributed by atoms with E-state index in [1.165, 1.54) is 11.1 Å². The van der Waals surface area contributed by atoms with Gasteiger partial charge in [-0.2, -0.15) is 5.10 Å². The van der Waals surface area contributed by atoms with Crippen LogP contribution in [0.3, 0.4) is 0 Å². The molecule has 0 saturated heterocycles. The average molecular weight is 288 g/mol. The largest absolute Gasteiger partial charge is 0.359 e. The molecule has 5 heteroatoms. The lowest BCUT2D eigenvalue weighted by molar-refractivity contribution is 0.708. The highest BCUT2D eigenvalue weighted by atomic mass is 32.1. The number of rotatable bonds is 4. The molecule has 0 amide bonds. The van der Waals surface area contributed by atoms with E-state index in [-0.39, 0.29) is 0 Å². The number of hydrogen-bond donors (Lipinski definition) is 2. The first-order valence-electron chi connectivity index (χ1n) is 6.61. The van der Waals surface area contributed by atoms with E-state index < -0.39 is 0 Å². The monoisotopic (exact) mass is 288 g/mol. The van der Waals surface area contributed by atoms with Crippen molar-refractivity contribution in [3.63, 3.8) is 0 Å². The van der Waals surface area contributed by atoms with Gasteiger partial charge in [0.25, 0.3) is 0 Å². The molecule has 1 aromatic carbocycles. The Morgan fingerprint density at radius 1 is 1.15 bits per heavy atom. The minimum atomic E-state index is 0.640. The van der Waals surface area contributed by atoms with Crippen molar-refractivity contribution in [3.8, 4) is 0 Å². The quantitative estimate of drug-likeness (QED) is 0.847. The molecule has 0 unspecified atom stereocenters. The number of nitrogens with one attached hydrogen (secondary N) is 2. The average Bonchev–Trinajstić information content (AvgIpc) is 2.75. The summed E-state index contributed by atoms with van der Waals surface area (Å²) in [5.41, 5.74) is 4.61. The Balaban J connectivity index is 1.76. The summed E-state index contributed by atoms with van der Waals surface area (Å²) in [4.78, 5) is 0. The third-order valence-corrected chi connectivity index (χ3v) is 3.46. The molecule has 2 N–H and O–H groups in total. The molecule has 1 aromatic heterocycles. The van der Waals surface area contributed by atoms with E-state index in [1.807, 2.05) is 18.7 Å². The van der Waals surface area contributed by atoms with Gasteiger partial charge >= 0.3 is 0 Å². The molecule has 106 valence electrons. The molecule has 0 fully saturated rings. The molecule has 0 atom stereocenters. The number of nitrogens with zero attached hydrogens (tertiary/aromatic N) is 2. The summed E-state index contributed by atoms with van der Waals surface area (Å²) in [7, 11) is 1.94. The van der Waals surface area contributed by atoms with Gasteiger partial charge in [-0.3, -0.25) is 4.68 Å². The van der Waals surface area contributed by atoms with Crippen molar-refractivity contribution in [2.75, 3.05) is 0 Å². The van der Waals surface area contributed by atoms with Gasteiger partial charge in [0, 0.05) is 19.3 Å². The van der Waals surface area contributed by atoms with Crippen LogP contribution in [-0.4, -0.2) is 14.9 Å². The van der Waals surface area contributed by atoms with Crippen molar-refractivity contribution in [3.05, 3.63) is 52.8 Å². The Labute approximate surface area is 125 Å². The van der Waals surface area contributed by atoms with Crippen molar-refractivity contribution >= 4 is 17.3 Å². The van der Waals surface area contributed by atoms with E-state index in [2.05, 4.69) is 53.0 Å². The molecule has 20 heavy (non-hydrogen) atoms. The molecule has 0 bridgehead atoms. The van der Waals surface area contributed by atoms with Gasteiger partial charge in [0.15, 0.2) is 5.11 Å². The van der Waals surface area contributed by atoms with Crippen LogP contribution in [0.2, 0.25) is 0 Å². The maximum Gasteiger partial charge on any atom is 0.166 e. The van der Waals surface area contributed by atoms with Crippen LogP contribution < -0.4 is 10.6 Å². The fraction of sp³-hybridized carbons (Fsp3) is 0.333. The minimum absolute atomic E-state index is 0.640. The van der Waals surface area contributed by atoms with Gasteiger partial charge < -0.3 is 10.6 Å². The molecule has 0 radical (unpaired) electrons. The molecular formula is C15H20N4S. The molecular weight excluding hydrogens is 268 g/mol. The van der Waals surface area contributed by atoms with Crippen molar-refractivity contribution in [1.82, 2.24) is 20.4 Å². The van der Waals surface area contributed by atoms with Gasteiger partial charge in [-0.15, -0.1) is 0 Å². The van der Waals surface area contributed by atoms with Crippen LogP contribution in [0.4, 0.5) is 0 Å². The van der Waals surface area contributed by atoms with Crippen molar-refractivity contribution in [1.29, 1.82) is 0 Å². The molecule has 2 rings (SSSR count). The third-order valence-electron chi connectivity index (χ3n) is 3.17. The van der Waals surface area contributed by atoms with E-state index in [0.717, 1.165) is 17.9 Å². The maximum absolute atomic E-state index is 5.26. The molecule has 0 saturated carbocycles. The highest BCUT2D eigenvalue weighted by Gasteiger charge is 2.02. The summed E-state index contributed by atoms with van der Waals surface area (Å²) < 4.78 is 1.86. The predicted molar refractivity (Wildman–Crippen MR) is 85.4 cm³/mol. The molecule has 0 aliphatic rings. The maximum atomic E-state index is 5.26.